The molecule has 0 saturated carbocycles. The Bertz CT molecular complexity index is 4070. The van der Waals surface area contributed by atoms with Gasteiger partial charge in [0.05, 0.1) is 22.1 Å². The van der Waals surface area contributed by atoms with Crippen molar-refractivity contribution in [1.82, 2.24) is 9.13 Å². The summed E-state index contributed by atoms with van der Waals surface area (Å²) in [4.78, 5) is 0. The summed E-state index contributed by atoms with van der Waals surface area (Å²) in [5.74, 6) is 0. The van der Waals surface area contributed by atoms with Gasteiger partial charge in [-0.05, 0) is 138 Å². The fourth-order valence-corrected chi connectivity index (χ4v) is 11.0. The van der Waals surface area contributed by atoms with Crippen LogP contribution in [0.4, 0.5) is 0 Å². The van der Waals surface area contributed by atoms with Crippen molar-refractivity contribution in [1.29, 1.82) is 0 Å². The van der Waals surface area contributed by atoms with Gasteiger partial charge in [-0.15, -0.1) is 0 Å². The topological polar surface area (TPSA) is 9.86 Å². The third-order valence-corrected chi connectivity index (χ3v) is 14.3. The number of nitrogens with zero attached hydrogens (tertiary/aromatic N) is 2. The second-order valence-corrected chi connectivity index (χ2v) is 19.3. The summed E-state index contributed by atoms with van der Waals surface area (Å²) in [5, 5.41) is 10.00. The van der Waals surface area contributed by atoms with Crippen molar-refractivity contribution in [3.8, 4) is 55.9 Å². The Labute approximate surface area is 396 Å². The minimum absolute atomic E-state index is 0.0963. The molecule has 322 valence electrons. The quantitative estimate of drug-likeness (QED) is 0.147. The summed E-state index contributed by atoms with van der Waals surface area (Å²) >= 11 is 0. The first-order chi connectivity index (χ1) is 33.4. The van der Waals surface area contributed by atoms with Crippen LogP contribution in [0.3, 0.4) is 0 Å². The second-order valence-electron chi connectivity index (χ2n) is 19.3. The van der Waals surface area contributed by atoms with Gasteiger partial charge in [0, 0.05) is 32.9 Å². The summed E-state index contributed by atoms with van der Waals surface area (Å²) in [6.45, 7) is 6.82. The molecule has 0 aliphatic heterocycles. The molecule has 0 amide bonds. The van der Waals surface area contributed by atoms with Crippen LogP contribution in [0, 0.1) is 0 Å². The average Bonchev–Trinajstić information content (AvgIpc) is 3.90. The Kier molecular flexibility index (Phi) is 9.13. The van der Waals surface area contributed by atoms with Gasteiger partial charge in [-0.25, -0.2) is 0 Å². The predicted molar refractivity (Wildman–Crippen MR) is 291 cm³/mol. The standard InChI is InChI=1S/C66H48N2/c1-66(2,3)49-33-26-43(27-34-49)46-31-38-57-59(41-46)65(44-16-6-4-7-17-44)56-23-11-10-22-55(56)64(57)45-28-35-51(36-29-45)68-60-24-14-12-20-52(60)54-37-30-48(42-63(54)68)47-32-39-62-58(40-47)53-21-13-15-25-61(53)67(62)50-18-8-5-9-19-50/h4-42H,1-3H3. The van der Waals surface area contributed by atoms with Gasteiger partial charge in [-0.3, -0.25) is 0 Å². The highest BCUT2D eigenvalue weighted by molar-refractivity contribution is 6.22. The van der Waals surface area contributed by atoms with Gasteiger partial charge in [-0.2, -0.15) is 0 Å². The molecule has 11 aromatic carbocycles. The summed E-state index contributed by atoms with van der Waals surface area (Å²) in [6, 6.07) is 87.6. The summed E-state index contributed by atoms with van der Waals surface area (Å²) in [5.41, 5.74) is 18.3. The minimum atomic E-state index is 0.0963. The van der Waals surface area contributed by atoms with Crippen molar-refractivity contribution in [3.63, 3.8) is 0 Å². The number of hydrogen-bond donors (Lipinski definition) is 0. The molecule has 0 bridgehead atoms. The van der Waals surface area contributed by atoms with Crippen LogP contribution < -0.4 is 0 Å². The number of rotatable bonds is 6. The van der Waals surface area contributed by atoms with E-state index in [0.717, 1.165) is 5.69 Å². The third kappa shape index (κ3) is 6.40. The van der Waals surface area contributed by atoms with Crippen LogP contribution in [0.25, 0.3) is 121 Å². The molecule has 0 radical (unpaired) electrons. The van der Waals surface area contributed by atoms with Crippen LogP contribution in [-0.2, 0) is 5.41 Å². The first-order valence-corrected chi connectivity index (χ1v) is 23.8. The molecule has 0 spiro atoms. The molecule has 68 heavy (non-hydrogen) atoms. The molecule has 0 unspecified atom stereocenters. The van der Waals surface area contributed by atoms with Crippen molar-refractivity contribution >= 4 is 65.2 Å². The van der Waals surface area contributed by atoms with E-state index < -0.39 is 0 Å². The molecule has 2 heterocycles. The first kappa shape index (κ1) is 39.9. The molecular weight excluding hydrogens is 821 g/mol. The van der Waals surface area contributed by atoms with Crippen molar-refractivity contribution in [2.45, 2.75) is 26.2 Å². The lowest BCUT2D eigenvalue weighted by Gasteiger charge is -2.20. The Balaban J connectivity index is 0.962. The van der Waals surface area contributed by atoms with Gasteiger partial charge in [0.1, 0.15) is 0 Å². The minimum Gasteiger partial charge on any atom is -0.309 e. The maximum Gasteiger partial charge on any atom is 0.0547 e. The van der Waals surface area contributed by atoms with Crippen LogP contribution in [0.5, 0.6) is 0 Å². The lowest BCUT2D eigenvalue weighted by molar-refractivity contribution is 0.590. The van der Waals surface area contributed by atoms with Crippen molar-refractivity contribution < 1.29 is 0 Å². The van der Waals surface area contributed by atoms with Gasteiger partial charge in [-0.1, -0.05) is 197 Å². The van der Waals surface area contributed by atoms with E-state index in [9.17, 15) is 0 Å². The van der Waals surface area contributed by atoms with Crippen molar-refractivity contribution in [2.24, 2.45) is 0 Å². The summed E-state index contributed by atoms with van der Waals surface area (Å²) in [7, 11) is 0. The highest BCUT2D eigenvalue weighted by Crippen LogP contribution is 2.46. The van der Waals surface area contributed by atoms with E-state index in [1.165, 1.54) is 121 Å². The van der Waals surface area contributed by atoms with Crippen molar-refractivity contribution in [2.75, 3.05) is 0 Å². The fraction of sp³-hybridized carbons (Fsp3) is 0.0606. The molecule has 0 aliphatic rings. The summed E-state index contributed by atoms with van der Waals surface area (Å²) in [6.07, 6.45) is 0. The summed E-state index contributed by atoms with van der Waals surface area (Å²) < 4.78 is 4.83. The van der Waals surface area contributed by atoms with Gasteiger partial charge < -0.3 is 9.13 Å². The van der Waals surface area contributed by atoms with E-state index in [4.69, 9.17) is 0 Å². The smallest absolute Gasteiger partial charge is 0.0547 e. The van der Waals surface area contributed by atoms with E-state index in [1.54, 1.807) is 0 Å². The molecule has 2 aromatic heterocycles. The predicted octanol–water partition coefficient (Wildman–Crippen LogP) is 18.2. The normalized spacial score (nSPS) is 12.0. The van der Waals surface area contributed by atoms with E-state index in [2.05, 4.69) is 266 Å². The third-order valence-electron chi connectivity index (χ3n) is 14.3. The van der Waals surface area contributed by atoms with Gasteiger partial charge >= 0.3 is 0 Å². The molecule has 0 fully saturated rings. The lowest BCUT2D eigenvalue weighted by atomic mass is 9.84. The molecule has 0 aliphatic carbocycles. The zero-order chi connectivity index (χ0) is 45.5. The number of hydrogen-bond acceptors (Lipinski definition) is 0. The molecule has 0 saturated heterocycles. The molecule has 2 nitrogen and oxygen atoms in total. The second kappa shape index (κ2) is 15.6. The highest BCUT2D eigenvalue weighted by atomic mass is 15.0. The van der Waals surface area contributed by atoms with Crippen LogP contribution in [-0.4, -0.2) is 9.13 Å². The maximum absolute atomic E-state index is 2.45. The SMILES string of the molecule is CC(C)(C)c1ccc(-c2ccc3c(-c4ccc(-n5c6ccccc6c6ccc(-c7ccc8c(c7)c7ccccc7n8-c7ccccc7)cc65)cc4)c4ccccc4c(-c4ccccc4)c3c2)cc1. The lowest BCUT2D eigenvalue weighted by Crippen LogP contribution is -2.10. The molecule has 13 rings (SSSR count). The largest absolute Gasteiger partial charge is 0.309 e. The van der Waals surface area contributed by atoms with Gasteiger partial charge in [0.15, 0.2) is 0 Å². The van der Waals surface area contributed by atoms with E-state index in [0.29, 0.717) is 0 Å². The molecule has 2 heteroatoms. The highest BCUT2D eigenvalue weighted by Gasteiger charge is 2.20. The van der Waals surface area contributed by atoms with E-state index >= 15 is 0 Å². The number of fused-ring (bicyclic) bond motifs is 8. The van der Waals surface area contributed by atoms with Gasteiger partial charge in [0.2, 0.25) is 0 Å². The van der Waals surface area contributed by atoms with Crippen LogP contribution >= 0.6 is 0 Å². The van der Waals surface area contributed by atoms with E-state index in [-0.39, 0.29) is 5.41 Å². The van der Waals surface area contributed by atoms with Crippen LogP contribution in [0.2, 0.25) is 0 Å². The Morgan fingerprint density at radius 2 is 0.647 bits per heavy atom. The zero-order valence-corrected chi connectivity index (χ0v) is 38.4. The molecule has 13 aromatic rings. The Hall–Kier alpha value is -8.46. The Morgan fingerprint density at radius 1 is 0.250 bits per heavy atom. The molecular formula is C66H48N2. The first-order valence-electron chi connectivity index (χ1n) is 23.8. The van der Waals surface area contributed by atoms with E-state index in [1.807, 2.05) is 0 Å². The zero-order valence-electron chi connectivity index (χ0n) is 38.4. The monoisotopic (exact) mass is 868 g/mol. The van der Waals surface area contributed by atoms with Crippen molar-refractivity contribution in [3.05, 3.63) is 242 Å². The Morgan fingerprint density at radius 3 is 1.31 bits per heavy atom. The number of para-hydroxylation sites is 3. The average molecular weight is 869 g/mol. The molecule has 0 atom stereocenters. The van der Waals surface area contributed by atoms with Crippen LogP contribution in [0.15, 0.2) is 237 Å². The van der Waals surface area contributed by atoms with Gasteiger partial charge in [0.25, 0.3) is 0 Å². The van der Waals surface area contributed by atoms with Crippen LogP contribution in [0.1, 0.15) is 26.3 Å². The maximum atomic E-state index is 2.45. The molecule has 0 N–H and O–H groups in total. The number of benzene rings is 11. The fourth-order valence-electron chi connectivity index (χ4n) is 11.0. The number of aromatic nitrogens is 2.